The molecule has 0 saturated carbocycles. The summed E-state index contributed by atoms with van der Waals surface area (Å²) in [4.78, 5) is 2.33. The molecule has 9 rings (SSSR count). The Hall–Kier alpha value is -7.22. The van der Waals surface area contributed by atoms with Gasteiger partial charge in [0.15, 0.2) is 0 Å². The maximum Gasteiger partial charge on any atom is 0.0713 e. The van der Waals surface area contributed by atoms with E-state index in [0.717, 1.165) is 28.2 Å². The lowest BCUT2D eigenvalue weighted by atomic mass is 9.67. The van der Waals surface area contributed by atoms with Crippen molar-refractivity contribution in [3.63, 3.8) is 0 Å². The van der Waals surface area contributed by atoms with Gasteiger partial charge in [0.1, 0.15) is 0 Å². The third kappa shape index (κ3) is 5.91. The summed E-state index contributed by atoms with van der Waals surface area (Å²) in [6.45, 7) is 7.91. The second-order valence-electron chi connectivity index (χ2n) is 14.2. The lowest BCUT2D eigenvalue weighted by Gasteiger charge is -2.34. The van der Waals surface area contributed by atoms with E-state index >= 15 is 0 Å². The van der Waals surface area contributed by atoms with Crippen molar-refractivity contribution in [2.45, 2.75) is 5.41 Å². The Morgan fingerprint density at radius 2 is 0.875 bits per heavy atom. The monoisotopic (exact) mass is 715 g/mol. The first-order valence-corrected chi connectivity index (χ1v) is 19.2. The highest BCUT2D eigenvalue weighted by molar-refractivity contribution is 5.96. The third-order valence-electron chi connectivity index (χ3n) is 11.1. The van der Waals surface area contributed by atoms with E-state index in [1.165, 1.54) is 55.6 Å². The molecule has 1 aliphatic rings. The van der Waals surface area contributed by atoms with Crippen molar-refractivity contribution in [1.82, 2.24) is 0 Å². The summed E-state index contributed by atoms with van der Waals surface area (Å²) >= 11 is 0. The van der Waals surface area contributed by atoms with E-state index in [1.807, 2.05) is 12.2 Å². The molecule has 8 aromatic rings. The van der Waals surface area contributed by atoms with Crippen molar-refractivity contribution in [3.8, 4) is 33.4 Å². The maximum absolute atomic E-state index is 4.02. The van der Waals surface area contributed by atoms with Crippen LogP contribution in [0.3, 0.4) is 0 Å². The summed E-state index contributed by atoms with van der Waals surface area (Å²) in [7, 11) is 0. The van der Waals surface area contributed by atoms with Gasteiger partial charge in [-0.1, -0.05) is 201 Å². The van der Waals surface area contributed by atoms with Gasteiger partial charge in [-0.2, -0.15) is 0 Å². The number of hydrogen-bond donors (Lipinski definition) is 0. The quantitative estimate of drug-likeness (QED) is 0.127. The second kappa shape index (κ2) is 14.9. The van der Waals surface area contributed by atoms with E-state index < -0.39 is 5.41 Å². The molecule has 0 spiro atoms. The Bertz CT molecular complexity index is 2630. The molecule has 1 heteroatoms. The fraction of sp³-hybridized carbons (Fsp3) is 0.0182. The molecule has 0 unspecified atom stereocenters. The van der Waals surface area contributed by atoms with Crippen LogP contribution in [0, 0.1) is 0 Å². The topological polar surface area (TPSA) is 3.24 Å². The van der Waals surface area contributed by atoms with E-state index in [1.54, 1.807) is 6.08 Å². The summed E-state index contributed by atoms with van der Waals surface area (Å²) in [6.07, 6.45) is 5.67. The summed E-state index contributed by atoms with van der Waals surface area (Å²) in [5.41, 5.74) is 17.4. The molecule has 0 amide bonds. The van der Waals surface area contributed by atoms with E-state index in [0.29, 0.717) is 0 Å². The fourth-order valence-corrected chi connectivity index (χ4v) is 8.62. The van der Waals surface area contributed by atoms with E-state index in [4.69, 9.17) is 0 Å². The van der Waals surface area contributed by atoms with Crippen LogP contribution in [0.25, 0.3) is 39.0 Å². The van der Waals surface area contributed by atoms with Crippen LogP contribution in [0.5, 0.6) is 0 Å². The number of rotatable bonds is 10. The summed E-state index contributed by atoms with van der Waals surface area (Å²) in [6, 6.07) is 74.9. The van der Waals surface area contributed by atoms with Crippen molar-refractivity contribution in [3.05, 3.63) is 265 Å². The standard InChI is InChI=1S/C55H41N/c1-3-17-40(4-2)42-28-34-47(35-29-42)56(48-36-30-43(31-37-48)41-18-8-5-9-19-41)49-38-32-44(33-39-49)50-25-16-27-53-54(50)51-24-14-15-26-52(51)55(53,45-20-10-6-11-21-45)46-22-12-7-13-23-46/h3-39H,1-2H2/b40-17+. The number of hydrogen-bond acceptors (Lipinski definition) is 1. The minimum atomic E-state index is -0.439. The molecule has 1 aliphatic carbocycles. The first kappa shape index (κ1) is 34.5. The van der Waals surface area contributed by atoms with Crippen molar-refractivity contribution < 1.29 is 0 Å². The predicted molar refractivity (Wildman–Crippen MR) is 238 cm³/mol. The molecule has 0 radical (unpaired) electrons. The molecule has 0 fully saturated rings. The molecule has 0 saturated heterocycles. The number of fused-ring (bicyclic) bond motifs is 3. The Balaban J connectivity index is 1.17. The lowest BCUT2D eigenvalue weighted by molar-refractivity contribution is 0.768. The molecule has 0 N–H and O–H groups in total. The van der Waals surface area contributed by atoms with Gasteiger partial charge in [0.05, 0.1) is 5.41 Å². The summed E-state index contributed by atoms with van der Waals surface area (Å²) < 4.78 is 0. The van der Waals surface area contributed by atoms with Crippen LogP contribution in [-0.2, 0) is 5.41 Å². The van der Waals surface area contributed by atoms with Gasteiger partial charge in [-0.15, -0.1) is 0 Å². The highest BCUT2D eigenvalue weighted by Crippen LogP contribution is 2.58. The van der Waals surface area contributed by atoms with Crippen molar-refractivity contribution in [1.29, 1.82) is 0 Å². The third-order valence-corrected chi connectivity index (χ3v) is 11.1. The Morgan fingerprint density at radius 1 is 0.411 bits per heavy atom. The molecular formula is C55H41N. The van der Waals surface area contributed by atoms with E-state index in [9.17, 15) is 0 Å². The molecule has 56 heavy (non-hydrogen) atoms. The SMILES string of the molecule is C=C/C=C(\C=C)c1ccc(N(c2ccc(-c3ccccc3)cc2)c2ccc(-c3cccc4c3-c3ccccc3C4(c3ccccc3)c3ccccc3)cc2)cc1. The van der Waals surface area contributed by atoms with Gasteiger partial charge in [-0.05, 0) is 103 Å². The summed E-state index contributed by atoms with van der Waals surface area (Å²) in [5.74, 6) is 0. The van der Waals surface area contributed by atoms with Gasteiger partial charge in [0.2, 0.25) is 0 Å². The number of allylic oxidation sites excluding steroid dienone is 4. The molecule has 0 aromatic heterocycles. The lowest BCUT2D eigenvalue weighted by Crippen LogP contribution is -2.28. The molecule has 0 bridgehead atoms. The van der Waals surface area contributed by atoms with Crippen LogP contribution >= 0.6 is 0 Å². The van der Waals surface area contributed by atoms with Crippen molar-refractivity contribution >= 4 is 22.6 Å². The van der Waals surface area contributed by atoms with Gasteiger partial charge in [0, 0.05) is 17.1 Å². The van der Waals surface area contributed by atoms with E-state index in [2.05, 4.69) is 224 Å². The van der Waals surface area contributed by atoms with Gasteiger partial charge in [-0.3, -0.25) is 0 Å². The first-order valence-electron chi connectivity index (χ1n) is 19.2. The minimum Gasteiger partial charge on any atom is -0.311 e. The van der Waals surface area contributed by atoms with Gasteiger partial charge in [-0.25, -0.2) is 0 Å². The van der Waals surface area contributed by atoms with Gasteiger partial charge >= 0.3 is 0 Å². The minimum absolute atomic E-state index is 0.439. The molecule has 0 heterocycles. The van der Waals surface area contributed by atoms with Gasteiger partial charge in [0.25, 0.3) is 0 Å². The summed E-state index contributed by atoms with van der Waals surface area (Å²) in [5, 5.41) is 0. The molecule has 266 valence electrons. The molecule has 0 atom stereocenters. The van der Waals surface area contributed by atoms with E-state index in [-0.39, 0.29) is 0 Å². The highest BCUT2D eigenvalue weighted by Gasteiger charge is 2.46. The Kier molecular flexibility index (Phi) is 9.19. The second-order valence-corrected chi connectivity index (χ2v) is 14.2. The first-order chi connectivity index (χ1) is 27.7. The molecule has 1 nitrogen and oxygen atoms in total. The largest absolute Gasteiger partial charge is 0.311 e. The predicted octanol–water partition coefficient (Wildman–Crippen LogP) is 14.6. The van der Waals surface area contributed by atoms with Crippen LogP contribution in [0.2, 0.25) is 0 Å². The van der Waals surface area contributed by atoms with Crippen LogP contribution in [0.15, 0.2) is 238 Å². The number of nitrogens with zero attached hydrogens (tertiary/aromatic N) is 1. The zero-order valence-electron chi connectivity index (χ0n) is 31.2. The average molecular weight is 716 g/mol. The van der Waals surface area contributed by atoms with Crippen LogP contribution in [0.1, 0.15) is 27.8 Å². The maximum atomic E-state index is 4.02. The number of anilines is 3. The van der Waals surface area contributed by atoms with Crippen molar-refractivity contribution in [2.75, 3.05) is 4.90 Å². The van der Waals surface area contributed by atoms with Crippen molar-refractivity contribution in [2.24, 2.45) is 0 Å². The Morgan fingerprint density at radius 3 is 1.45 bits per heavy atom. The highest BCUT2D eigenvalue weighted by atomic mass is 15.1. The normalized spacial score (nSPS) is 12.7. The fourth-order valence-electron chi connectivity index (χ4n) is 8.62. The Labute approximate surface area is 330 Å². The zero-order chi connectivity index (χ0) is 37.9. The smallest absolute Gasteiger partial charge is 0.0713 e. The van der Waals surface area contributed by atoms with Crippen LogP contribution < -0.4 is 4.90 Å². The molecule has 0 aliphatic heterocycles. The average Bonchev–Trinajstić information content (AvgIpc) is 3.59. The van der Waals surface area contributed by atoms with Crippen LogP contribution in [-0.4, -0.2) is 0 Å². The zero-order valence-corrected chi connectivity index (χ0v) is 31.2. The molecular weight excluding hydrogens is 675 g/mol. The van der Waals surface area contributed by atoms with Crippen LogP contribution in [0.4, 0.5) is 17.1 Å². The molecule has 8 aromatic carbocycles. The van der Waals surface area contributed by atoms with Gasteiger partial charge < -0.3 is 4.90 Å². The number of benzene rings is 8.